The number of benzene rings is 1. The van der Waals surface area contributed by atoms with Crippen molar-refractivity contribution >= 4 is 17.5 Å². The number of hydrogen-bond donors (Lipinski definition) is 0. The third kappa shape index (κ3) is 2.29. The third-order valence-electron chi connectivity index (χ3n) is 5.76. The molecule has 3 saturated heterocycles. The van der Waals surface area contributed by atoms with Gasteiger partial charge in [-0.25, -0.2) is 4.39 Å². The summed E-state index contributed by atoms with van der Waals surface area (Å²) >= 11 is 6.18. The maximum Gasteiger partial charge on any atom is 0.226 e. The minimum Gasteiger partial charge on any atom is -0.352 e. The Morgan fingerprint density at radius 3 is 2.96 bits per heavy atom. The highest BCUT2D eigenvalue weighted by molar-refractivity contribution is 6.31. The number of carbonyl (C=O) groups excluding carboxylic acids is 1. The Bertz CT molecular complexity index is 683. The molecule has 130 valence electrons. The Labute approximate surface area is 146 Å². The molecule has 3 heterocycles. The smallest absolute Gasteiger partial charge is 0.226 e. The Morgan fingerprint density at radius 1 is 1.46 bits per heavy atom. The molecule has 0 bridgehead atoms. The summed E-state index contributed by atoms with van der Waals surface area (Å²) in [6.45, 7) is 6.36. The van der Waals surface area contributed by atoms with Crippen LogP contribution < -0.4 is 0 Å². The van der Waals surface area contributed by atoms with Gasteiger partial charge in [0.15, 0.2) is 5.72 Å². The van der Waals surface area contributed by atoms with Gasteiger partial charge < -0.3 is 9.64 Å². The lowest BCUT2D eigenvalue weighted by molar-refractivity contribution is -0.139. The molecule has 0 N–H and O–H groups in total. The molecule has 3 fully saturated rings. The Kier molecular flexibility index (Phi) is 3.86. The molecule has 0 radical (unpaired) electrons. The molecule has 4 nitrogen and oxygen atoms in total. The topological polar surface area (TPSA) is 32.8 Å². The second-order valence-corrected chi connectivity index (χ2v) is 7.81. The summed E-state index contributed by atoms with van der Waals surface area (Å²) < 4.78 is 19.5. The number of likely N-dealkylation sites (tertiary alicyclic amines) is 1. The highest BCUT2D eigenvalue weighted by Crippen LogP contribution is 2.49. The van der Waals surface area contributed by atoms with E-state index in [0.717, 1.165) is 18.5 Å². The minimum absolute atomic E-state index is 0.0508. The van der Waals surface area contributed by atoms with E-state index in [1.807, 2.05) is 4.90 Å². The number of hydrogen-bond acceptors (Lipinski definition) is 3. The van der Waals surface area contributed by atoms with Crippen LogP contribution in [-0.4, -0.2) is 46.7 Å². The van der Waals surface area contributed by atoms with Gasteiger partial charge in [0.1, 0.15) is 5.82 Å². The molecule has 0 saturated carbocycles. The van der Waals surface area contributed by atoms with Crippen molar-refractivity contribution in [1.29, 1.82) is 0 Å². The van der Waals surface area contributed by atoms with Gasteiger partial charge in [-0.3, -0.25) is 9.69 Å². The van der Waals surface area contributed by atoms with Crippen molar-refractivity contribution < 1.29 is 13.9 Å². The molecule has 3 aliphatic rings. The zero-order chi connectivity index (χ0) is 17.1. The van der Waals surface area contributed by atoms with Gasteiger partial charge in [-0.15, -0.1) is 0 Å². The molecular weight excluding hydrogens is 331 g/mol. The molecular formula is C18H22ClFN2O2. The van der Waals surface area contributed by atoms with Crippen LogP contribution in [0, 0.1) is 11.7 Å². The van der Waals surface area contributed by atoms with Gasteiger partial charge in [-0.2, -0.15) is 0 Å². The molecule has 24 heavy (non-hydrogen) atoms. The van der Waals surface area contributed by atoms with Crippen LogP contribution in [0.3, 0.4) is 0 Å². The minimum atomic E-state index is -0.474. The lowest BCUT2D eigenvalue weighted by Gasteiger charge is -2.34. The number of amides is 1. The Balaban J connectivity index is 1.59. The summed E-state index contributed by atoms with van der Waals surface area (Å²) in [5.41, 5.74) is 0.415. The largest absolute Gasteiger partial charge is 0.352 e. The Morgan fingerprint density at radius 2 is 2.25 bits per heavy atom. The average Bonchev–Trinajstić information content (AvgIpc) is 3.13. The van der Waals surface area contributed by atoms with Crippen LogP contribution in [0.25, 0.3) is 0 Å². The predicted octanol–water partition coefficient (Wildman–Crippen LogP) is 3.04. The van der Waals surface area contributed by atoms with E-state index in [9.17, 15) is 9.18 Å². The molecule has 0 aromatic heterocycles. The van der Waals surface area contributed by atoms with Crippen molar-refractivity contribution in [1.82, 2.24) is 9.80 Å². The van der Waals surface area contributed by atoms with Crippen molar-refractivity contribution in [2.75, 3.05) is 13.2 Å². The second kappa shape index (κ2) is 5.68. The van der Waals surface area contributed by atoms with Crippen molar-refractivity contribution in [3.05, 3.63) is 34.6 Å². The first-order chi connectivity index (χ1) is 11.4. The second-order valence-electron chi connectivity index (χ2n) is 7.41. The van der Waals surface area contributed by atoms with Crippen LogP contribution in [0.15, 0.2) is 18.2 Å². The maximum atomic E-state index is 13.3. The van der Waals surface area contributed by atoms with E-state index in [2.05, 4.69) is 18.7 Å². The van der Waals surface area contributed by atoms with E-state index in [1.165, 1.54) is 12.1 Å². The summed E-state index contributed by atoms with van der Waals surface area (Å²) in [4.78, 5) is 16.9. The molecule has 1 spiro atoms. The van der Waals surface area contributed by atoms with E-state index < -0.39 is 5.72 Å². The molecule has 0 aliphatic carbocycles. The SMILES string of the molecule is CC(C)[C@@H]1CO[C@@]23CCN(Cc4ccc(F)cc4Cl)[C@@H]2CC(=O)N13. The highest BCUT2D eigenvalue weighted by atomic mass is 35.5. The van der Waals surface area contributed by atoms with Crippen molar-refractivity contribution in [3.63, 3.8) is 0 Å². The van der Waals surface area contributed by atoms with E-state index in [-0.39, 0.29) is 23.8 Å². The fourth-order valence-corrected chi connectivity index (χ4v) is 4.74. The van der Waals surface area contributed by atoms with Crippen LogP contribution in [-0.2, 0) is 16.1 Å². The summed E-state index contributed by atoms with van der Waals surface area (Å²) in [5, 5.41) is 0.435. The van der Waals surface area contributed by atoms with Crippen LogP contribution in [0.4, 0.5) is 4.39 Å². The van der Waals surface area contributed by atoms with Gasteiger partial charge in [-0.1, -0.05) is 31.5 Å². The van der Waals surface area contributed by atoms with E-state index in [1.54, 1.807) is 6.07 Å². The fraction of sp³-hybridized carbons (Fsp3) is 0.611. The van der Waals surface area contributed by atoms with Crippen molar-refractivity contribution in [2.45, 2.75) is 51.0 Å². The van der Waals surface area contributed by atoms with Gasteiger partial charge in [0.25, 0.3) is 0 Å². The lowest BCUT2D eigenvalue weighted by Crippen LogP contribution is -2.50. The van der Waals surface area contributed by atoms with Crippen LogP contribution in [0.5, 0.6) is 0 Å². The Hall–Kier alpha value is -1.17. The third-order valence-corrected chi connectivity index (χ3v) is 6.11. The maximum absolute atomic E-state index is 13.3. The molecule has 3 aliphatic heterocycles. The molecule has 1 aromatic rings. The van der Waals surface area contributed by atoms with Gasteiger partial charge in [0, 0.05) is 31.0 Å². The molecule has 1 aromatic carbocycles. The molecule has 6 heteroatoms. The van der Waals surface area contributed by atoms with Crippen LogP contribution in [0.1, 0.15) is 32.3 Å². The molecule has 3 atom stereocenters. The van der Waals surface area contributed by atoms with E-state index >= 15 is 0 Å². The first-order valence-corrected chi connectivity index (χ1v) is 8.94. The first-order valence-electron chi connectivity index (χ1n) is 8.56. The number of ether oxygens (including phenoxy) is 1. The summed E-state index contributed by atoms with van der Waals surface area (Å²) in [7, 11) is 0. The van der Waals surface area contributed by atoms with Gasteiger partial charge in [0.2, 0.25) is 5.91 Å². The normalized spacial score (nSPS) is 32.7. The molecule has 4 rings (SSSR count). The first kappa shape index (κ1) is 16.3. The van der Waals surface area contributed by atoms with E-state index in [0.29, 0.717) is 30.5 Å². The number of nitrogens with zero attached hydrogens (tertiary/aromatic N) is 2. The van der Waals surface area contributed by atoms with Crippen LogP contribution in [0.2, 0.25) is 5.02 Å². The fourth-order valence-electron chi connectivity index (χ4n) is 4.51. The number of rotatable bonds is 3. The monoisotopic (exact) mass is 352 g/mol. The van der Waals surface area contributed by atoms with Crippen LogP contribution >= 0.6 is 11.6 Å². The standard InChI is InChI=1S/C18H22ClFN2O2/c1-11(2)15-10-24-18-5-6-21(16(18)8-17(23)22(15)18)9-12-3-4-13(20)7-14(12)19/h3-4,7,11,15-16H,5-6,8-10H2,1-2H3/t15-,16+,18-/m0/s1. The number of halogens is 2. The average molecular weight is 353 g/mol. The summed E-state index contributed by atoms with van der Waals surface area (Å²) in [6.07, 6.45) is 1.31. The molecule has 0 unspecified atom stereocenters. The van der Waals surface area contributed by atoms with Gasteiger partial charge >= 0.3 is 0 Å². The van der Waals surface area contributed by atoms with Crippen molar-refractivity contribution in [3.8, 4) is 0 Å². The highest BCUT2D eigenvalue weighted by Gasteiger charge is 2.64. The summed E-state index contributed by atoms with van der Waals surface area (Å²) in [6, 6.07) is 4.71. The quantitative estimate of drug-likeness (QED) is 0.838. The molecule has 1 amide bonds. The predicted molar refractivity (Wildman–Crippen MR) is 89.0 cm³/mol. The zero-order valence-electron chi connectivity index (χ0n) is 14.0. The lowest BCUT2D eigenvalue weighted by atomic mass is 10.0. The van der Waals surface area contributed by atoms with Crippen molar-refractivity contribution in [2.24, 2.45) is 5.92 Å². The van der Waals surface area contributed by atoms with Gasteiger partial charge in [-0.05, 0) is 23.6 Å². The zero-order valence-corrected chi connectivity index (χ0v) is 14.7. The van der Waals surface area contributed by atoms with Gasteiger partial charge in [0.05, 0.1) is 18.7 Å². The van der Waals surface area contributed by atoms with E-state index in [4.69, 9.17) is 16.3 Å². The summed E-state index contributed by atoms with van der Waals surface area (Å²) in [5.74, 6) is 0.238. The number of carbonyl (C=O) groups is 1.